The molecule has 0 radical (unpaired) electrons. The van der Waals surface area contributed by atoms with Gasteiger partial charge < -0.3 is 15.8 Å². The number of ether oxygens (including phenoxy) is 1. The number of hydrogen-bond donors (Lipinski definition) is 2. The quantitative estimate of drug-likeness (QED) is 0.614. The second-order valence-electron chi connectivity index (χ2n) is 4.96. The number of hydrogen-bond acceptors (Lipinski definition) is 4. The summed E-state index contributed by atoms with van der Waals surface area (Å²) in [7, 11) is 0. The normalized spacial score (nSPS) is 13.9. The molecule has 0 heterocycles. The predicted octanol–water partition coefficient (Wildman–Crippen LogP) is 2.14. The first-order valence-corrected chi connectivity index (χ1v) is 7.26. The topological polar surface area (TPSA) is 81.4 Å². The van der Waals surface area contributed by atoms with Crippen molar-refractivity contribution in [3.8, 4) is 5.75 Å². The first-order chi connectivity index (χ1) is 9.47. The molecular formula is C14H17BrN2O3. The summed E-state index contributed by atoms with van der Waals surface area (Å²) in [5.41, 5.74) is 6.54. The predicted molar refractivity (Wildman–Crippen MR) is 79.8 cm³/mol. The van der Waals surface area contributed by atoms with Crippen LogP contribution in [0.15, 0.2) is 16.6 Å². The molecule has 1 saturated carbocycles. The lowest BCUT2D eigenvalue weighted by atomic mass is 10.1. The fourth-order valence-electron chi connectivity index (χ4n) is 1.81. The van der Waals surface area contributed by atoms with Gasteiger partial charge in [0.15, 0.2) is 18.1 Å². The molecular weight excluding hydrogens is 324 g/mol. The van der Waals surface area contributed by atoms with Gasteiger partial charge in [0.2, 0.25) is 0 Å². The van der Waals surface area contributed by atoms with Crippen molar-refractivity contribution in [1.82, 2.24) is 5.32 Å². The molecule has 6 heteroatoms. The molecule has 1 fully saturated rings. The van der Waals surface area contributed by atoms with Crippen molar-refractivity contribution >= 4 is 33.3 Å². The molecule has 1 aliphatic carbocycles. The van der Waals surface area contributed by atoms with E-state index < -0.39 is 0 Å². The molecule has 108 valence electrons. The van der Waals surface area contributed by atoms with Crippen LogP contribution in [0.25, 0.3) is 0 Å². The van der Waals surface area contributed by atoms with Gasteiger partial charge in [-0.25, -0.2) is 0 Å². The third kappa shape index (κ3) is 3.96. The molecule has 5 nitrogen and oxygen atoms in total. The van der Waals surface area contributed by atoms with Gasteiger partial charge in [-0.3, -0.25) is 9.59 Å². The Hall–Kier alpha value is -1.56. The van der Waals surface area contributed by atoms with Crippen molar-refractivity contribution in [1.29, 1.82) is 0 Å². The number of carbonyl (C=O) groups is 2. The maximum absolute atomic E-state index is 11.6. The average Bonchev–Trinajstić information content (AvgIpc) is 3.18. The SMILES string of the molecule is CC(=O)c1cc(Br)cc(N)c1OCC(=O)NCC1CC1. The number of nitrogens with one attached hydrogen (secondary N) is 1. The number of rotatable bonds is 6. The Labute approximate surface area is 126 Å². The summed E-state index contributed by atoms with van der Waals surface area (Å²) in [6.45, 7) is 1.98. The Morgan fingerprint density at radius 1 is 1.45 bits per heavy atom. The van der Waals surface area contributed by atoms with Gasteiger partial charge in [0.25, 0.3) is 5.91 Å². The summed E-state index contributed by atoms with van der Waals surface area (Å²) >= 11 is 3.28. The lowest BCUT2D eigenvalue weighted by molar-refractivity contribution is -0.123. The van der Waals surface area contributed by atoms with Crippen LogP contribution in [0.3, 0.4) is 0 Å². The van der Waals surface area contributed by atoms with Crippen molar-refractivity contribution in [3.63, 3.8) is 0 Å². The zero-order valence-electron chi connectivity index (χ0n) is 11.2. The van der Waals surface area contributed by atoms with Crippen LogP contribution in [-0.2, 0) is 4.79 Å². The Morgan fingerprint density at radius 3 is 2.75 bits per heavy atom. The molecule has 20 heavy (non-hydrogen) atoms. The van der Waals surface area contributed by atoms with Gasteiger partial charge in [-0.15, -0.1) is 0 Å². The van der Waals surface area contributed by atoms with Gasteiger partial charge in [0.05, 0.1) is 11.3 Å². The molecule has 1 aromatic carbocycles. The smallest absolute Gasteiger partial charge is 0.257 e. The lowest BCUT2D eigenvalue weighted by Crippen LogP contribution is -2.30. The molecule has 0 aliphatic heterocycles. The number of halogens is 1. The summed E-state index contributed by atoms with van der Waals surface area (Å²) in [5, 5.41) is 2.80. The first-order valence-electron chi connectivity index (χ1n) is 6.47. The molecule has 0 unspecified atom stereocenters. The van der Waals surface area contributed by atoms with Crippen LogP contribution < -0.4 is 15.8 Å². The zero-order chi connectivity index (χ0) is 14.7. The average molecular weight is 341 g/mol. The second kappa shape index (κ2) is 6.26. The van der Waals surface area contributed by atoms with Crippen molar-refractivity contribution in [2.45, 2.75) is 19.8 Å². The summed E-state index contributed by atoms with van der Waals surface area (Å²) in [4.78, 5) is 23.2. The highest BCUT2D eigenvalue weighted by Crippen LogP contribution is 2.31. The van der Waals surface area contributed by atoms with Gasteiger partial charge in [-0.05, 0) is 37.8 Å². The number of ketones is 1. The van der Waals surface area contributed by atoms with E-state index in [2.05, 4.69) is 21.2 Å². The number of nitrogen functional groups attached to an aromatic ring is 1. The molecule has 0 aromatic heterocycles. The number of anilines is 1. The third-order valence-corrected chi connectivity index (χ3v) is 3.55. The van der Waals surface area contributed by atoms with Gasteiger partial charge in [-0.1, -0.05) is 15.9 Å². The fraction of sp³-hybridized carbons (Fsp3) is 0.429. The minimum atomic E-state index is -0.200. The van der Waals surface area contributed by atoms with E-state index in [-0.39, 0.29) is 24.0 Å². The Balaban J connectivity index is 2.00. The summed E-state index contributed by atoms with van der Waals surface area (Å²) < 4.78 is 6.12. The number of benzene rings is 1. The number of amides is 1. The van der Waals surface area contributed by atoms with E-state index in [4.69, 9.17) is 10.5 Å². The standard InChI is InChI=1S/C14H17BrN2O3/c1-8(18)11-4-10(15)5-12(16)14(11)20-7-13(19)17-6-9-2-3-9/h4-5,9H,2-3,6-7,16H2,1H3,(H,17,19). The molecule has 1 aliphatic rings. The van der Waals surface area contributed by atoms with Gasteiger partial charge in [0.1, 0.15) is 0 Å². The van der Waals surface area contributed by atoms with Gasteiger partial charge in [-0.2, -0.15) is 0 Å². The van der Waals surface area contributed by atoms with E-state index in [1.807, 2.05) is 0 Å². The Morgan fingerprint density at radius 2 is 2.15 bits per heavy atom. The van der Waals surface area contributed by atoms with Gasteiger partial charge in [0, 0.05) is 11.0 Å². The minimum Gasteiger partial charge on any atom is -0.481 e. The maximum Gasteiger partial charge on any atom is 0.257 e. The largest absolute Gasteiger partial charge is 0.481 e. The highest BCUT2D eigenvalue weighted by atomic mass is 79.9. The Kier molecular flexibility index (Phi) is 4.65. The molecule has 2 rings (SSSR count). The lowest BCUT2D eigenvalue weighted by Gasteiger charge is -2.13. The second-order valence-corrected chi connectivity index (χ2v) is 5.88. The summed E-state index contributed by atoms with van der Waals surface area (Å²) in [5.74, 6) is 0.520. The number of carbonyl (C=O) groups excluding carboxylic acids is 2. The van der Waals surface area contributed by atoms with E-state index in [1.165, 1.54) is 19.8 Å². The molecule has 1 amide bonds. The zero-order valence-corrected chi connectivity index (χ0v) is 12.8. The molecule has 0 spiro atoms. The summed E-state index contributed by atoms with van der Waals surface area (Å²) in [6.07, 6.45) is 2.35. The van der Waals surface area contributed by atoms with E-state index in [0.717, 1.165) is 0 Å². The van der Waals surface area contributed by atoms with Crippen LogP contribution in [0.1, 0.15) is 30.1 Å². The molecule has 0 saturated heterocycles. The molecule has 1 aromatic rings. The number of Topliss-reactive ketones (excluding diaryl/α,β-unsaturated/α-hetero) is 1. The van der Waals surface area contributed by atoms with Crippen LogP contribution >= 0.6 is 15.9 Å². The van der Waals surface area contributed by atoms with E-state index in [9.17, 15) is 9.59 Å². The monoisotopic (exact) mass is 340 g/mol. The molecule has 3 N–H and O–H groups in total. The first kappa shape index (κ1) is 14.8. The van der Waals surface area contributed by atoms with E-state index in [1.54, 1.807) is 12.1 Å². The number of nitrogens with two attached hydrogens (primary N) is 1. The van der Waals surface area contributed by atoms with E-state index >= 15 is 0 Å². The third-order valence-electron chi connectivity index (χ3n) is 3.09. The minimum absolute atomic E-state index is 0.140. The van der Waals surface area contributed by atoms with Crippen molar-refractivity contribution < 1.29 is 14.3 Å². The maximum atomic E-state index is 11.6. The highest BCUT2D eigenvalue weighted by molar-refractivity contribution is 9.10. The molecule has 0 atom stereocenters. The van der Waals surface area contributed by atoms with Crippen LogP contribution in [0.2, 0.25) is 0 Å². The van der Waals surface area contributed by atoms with Crippen molar-refractivity contribution in [2.75, 3.05) is 18.9 Å². The van der Waals surface area contributed by atoms with Crippen LogP contribution in [-0.4, -0.2) is 24.8 Å². The highest BCUT2D eigenvalue weighted by Gasteiger charge is 2.22. The van der Waals surface area contributed by atoms with Crippen LogP contribution in [0.5, 0.6) is 5.75 Å². The van der Waals surface area contributed by atoms with Gasteiger partial charge >= 0.3 is 0 Å². The Bertz CT molecular complexity index is 541. The van der Waals surface area contributed by atoms with E-state index in [0.29, 0.717) is 28.2 Å². The van der Waals surface area contributed by atoms with Crippen molar-refractivity contribution in [3.05, 3.63) is 22.2 Å². The summed E-state index contributed by atoms with van der Waals surface area (Å²) in [6, 6.07) is 3.28. The van der Waals surface area contributed by atoms with Crippen LogP contribution in [0.4, 0.5) is 5.69 Å². The fourth-order valence-corrected chi connectivity index (χ4v) is 2.28. The van der Waals surface area contributed by atoms with Crippen molar-refractivity contribution in [2.24, 2.45) is 5.92 Å². The van der Waals surface area contributed by atoms with Crippen LogP contribution in [0, 0.1) is 5.92 Å². The molecule has 0 bridgehead atoms.